The van der Waals surface area contributed by atoms with E-state index in [9.17, 15) is 9.59 Å². The van der Waals surface area contributed by atoms with Gasteiger partial charge in [0.2, 0.25) is 5.91 Å². The van der Waals surface area contributed by atoms with Gasteiger partial charge >= 0.3 is 0 Å². The lowest BCUT2D eigenvalue weighted by Gasteiger charge is -2.43. The van der Waals surface area contributed by atoms with Gasteiger partial charge in [0.15, 0.2) is 0 Å². The van der Waals surface area contributed by atoms with Gasteiger partial charge in [-0.15, -0.1) is 0 Å². The van der Waals surface area contributed by atoms with Gasteiger partial charge in [-0.05, 0) is 45.6 Å². The predicted molar refractivity (Wildman–Crippen MR) is 94.8 cm³/mol. The summed E-state index contributed by atoms with van der Waals surface area (Å²) in [6.07, 6.45) is 6.16. The Morgan fingerprint density at radius 3 is 2.88 bits per heavy atom. The van der Waals surface area contributed by atoms with Gasteiger partial charge in [-0.1, -0.05) is 0 Å². The monoisotopic (exact) mass is 364 g/mol. The number of likely N-dealkylation sites (tertiary alicyclic amines) is 1. The molecular formula is C19H28N2O5. The molecule has 2 heterocycles. The maximum Gasteiger partial charge on any atom is 0.257 e. The fourth-order valence-electron chi connectivity index (χ4n) is 4.13. The summed E-state index contributed by atoms with van der Waals surface area (Å²) in [6.45, 7) is 4.52. The average molecular weight is 364 g/mol. The maximum absolute atomic E-state index is 12.8. The molecule has 0 aromatic carbocycles. The van der Waals surface area contributed by atoms with E-state index in [4.69, 9.17) is 13.9 Å². The molecule has 3 atom stereocenters. The molecule has 1 N–H and O–H groups in total. The first-order valence-electron chi connectivity index (χ1n) is 9.24. The van der Waals surface area contributed by atoms with Crippen molar-refractivity contribution in [1.29, 1.82) is 0 Å². The highest BCUT2D eigenvalue weighted by atomic mass is 16.5. The number of ether oxygens (including phenoxy) is 2. The van der Waals surface area contributed by atoms with E-state index in [-0.39, 0.29) is 42.2 Å². The van der Waals surface area contributed by atoms with Crippen LogP contribution in [-0.2, 0) is 14.3 Å². The second kappa shape index (κ2) is 7.80. The number of amides is 2. The lowest BCUT2D eigenvalue weighted by molar-refractivity contribution is -0.129. The Morgan fingerprint density at radius 2 is 2.23 bits per heavy atom. The third-order valence-corrected chi connectivity index (χ3v) is 5.53. The number of rotatable bonds is 6. The Labute approximate surface area is 154 Å². The van der Waals surface area contributed by atoms with Gasteiger partial charge in [-0.3, -0.25) is 9.59 Å². The van der Waals surface area contributed by atoms with Gasteiger partial charge in [-0.25, -0.2) is 0 Å². The van der Waals surface area contributed by atoms with Crippen molar-refractivity contribution in [2.45, 2.75) is 63.3 Å². The van der Waals surface area contributed by atoms with E-state index in [0.717, 1.165) is 19.3 Å². The first kappa shape index (κ1) is 18.9. The van der Waals surface area contributed by atoms with Gasteiger partial charge in [0.05, 0.1) is 29.6 Å². The Bertz CT molecular complexity index is 630. The number of nitrogens with zero attached hydrogens (tertiary/aromatic N) is 1. The molecule has 0 bridgehead atoms. The Hall–Kier alpha value is -1.86. The van der Waals surface area contributed by atoms with Gasteiger partial charge in [0.25, 0.3) is 5.91 Å². The first-order chi connectivity index (χ1) is 12.4. The van der Waals surface area contributed by atoms with Crippen molar-refractivity contribution >= 4 is 11.8 Å². The number of carbonyl (C=O) groups is 2. The van der Waals surface area contributed by atoms with Crippen LogP contribution in [0.3, 0.4) is 0 Å². The van der Waals surface area contributed by atoms with E-state index < -0.39 is 0 Å². The highest BCUT2D eigenvalue weighted by molar-refractivity contribution is 5.94. The molecule has 7 heteroatoms. The fourth-order valence-corrected chi connectivity index (χ4v) is 4.13. The molecule has 1 aliphatic heterocycles. The van der Waals surface area contributed by atoms with Crippen molar-refractivity contribution in [2.24, 2.45) is 0 Å². The lowest BCUT2D eigenvalue weighted by atomic mass is 9.78. The van der Waals surface area contributed by atoms with Gasteiger partial charge < -0.3 is 24.1 Å². The number of fused-ring (bicyclic) bond motifs is 1. The molecule has 2 aliphatic rings. The van der Waals surface area contributed by atoms with E-state index >= 15 is 0 Å². The van der Waals surface area contributed by atoms with E-state index in [2.05, 4.69) is 5.32 Å². The highest BCUT2D eigenvalue weighted by Crippen LogP contribution is 2.43. The van der Waals surface area contributed by atoms with Crippen LogP contribution in [0.5, 0.6) is 0 Å². The van der Waals surface area contributed by atoms with Gasteiger partial charge in [0, 0.05) is 19.7 Å². The molecule has 1 saturated heterocycles. The molecule has 1 aliphatic carbocycles. The van der Waals surface area contributed by atoms with Gasteiger partial charge in [0.1, 0.15) is 12.9 Å². The Morgan fingerprint density at radius 1 is 1.42 bits per heavy atom. The quantitative estimate of drug-likeness (QED) is 0.835. The third-order valence-electron chi connectivity index (χ3n) is 5.53. The molecule has 2 fully saturated rings. The maximum atomic E-state index is 12.8. The molecule has 26 heavy (non-hydrogen) atoms. The minimum absolute atomic E-state index is 0.0179. The molecule has 0 radical (unpaired) electrons. The van der Waals surface area contributed by atoms with Crippen LogP contribution < -0.4 is 5.32 Å². The molecule has 1 aromatic heterocycles. The van der Waals surface area contributed by atoms with Crippen LogP contribution >= 0.6 is 0 Å². The topological polar surface area (TPSA) is 81.0 Å². The van der Waals surface area contributed by atoms with Crippen LogP contribution in [0.15, 0.2) is 23.0 Å². The number of methoxy groups -OCH3 is 1. The summed E-state index contributed by atoms with van der Waals surface area (Å²) in [6, 6.07) is 1.64. The third kappa shape index (κ3) is 3.78. The standard InChI is InChI=1S/C19H28N2O5/c1-13(2)26-12-17(22)20-15-4-6-19(24-3)7-8-21(16(19)10-15)18(23)14-5-9-25-11-14/h5,9,11,13,15-16H,4,6-8,10,12H2,1-3H3,(H,20,22). The first-order valence-corrected chi connectivity index (χ1v) is 9.24. The number of hydrogen-bond donors (Lipinski definition) is 1. The normalized spacial score (nSPS) is 28.2. The molecule has 144 valence electrons. The molecule has 3 unspecified atom stereocenters. The number of nitrogens with one attached hydrogen (secondary N) is 1. The Balaban J connectivity index is 1.67. The lowest BCUT2D eigenvalue weighted by Crippen LogP contribution is -2.56. The van der Waals surface area contributed by atoms with Crippen LogP contribution in [0.25, 0.3) is 0 Å². The summed E-state index contributed by atoms with van der Waals surface area (Å²) in [5.41, 5.74) is 0.225. The minimum atomic E-state index is -0.324. The fraction of sp³-hybridized carbons (Fsp3) is 0.684. The smallest absolute Gasteiger partial charge is 0.257 e. The van der Waals surface area contributed by atoms with Crippen LogP contribution in [0.2, 0.25) is 0 Å². The number of carbonyl (C=O) groups excluding carboxylic acids is 2. The molecule has 7 nitrogen and oxygen atoms in total. The summed E-state index contributed by atoms with van der Waals surface area (Å²) in [5.74, 6) is -0.155. The summed E-state index contributed by atoms with van der Waals surface area (Å²) < 4.78 is 16.3. The summed E-state index contributed by atoms with van der Waals surface area (Å²) >= 11 is 0. The molecular weight excluding hydrogens is 336 g/mol. The van der Waals surface area contributed by atoms with E-state index in [1.54, 1.807) is 13.2 Å². The summed E-state index contributed by atoms with van der Waals surface area (Å²) in [5, 5.41) is 3.05. The molecule has 3 rings (SSSR count). The molecule has 2 amide bonds. The highest BCUT2D eigenvalue weighted by Gasteiger charge is 2.52. The van der Waals surface area contributed by atoms with Crippen molar-refractivity contribution in [2.75, 3.05) is 20.3 Å². The van der Waals surface area contributed by atoms with Crippen molar-refractivity contribution < 1.29 is 23.5 Å². The summed E-state index contributed by atoms with van der Waals surface area (Å²) in [7, 11) is 1.72. The van der Waals surface area contributed by atoms with Crippen LogP contribution in [-0.4, -0.2) is 60.8 Å². The zero-order valence-electron chi connectivity index (χ0n) is 15.7. The second-order valence-corrected chi connectivity index (χ2v) is 7.44. The molecule has 1 aromatic rings. The largest absolute Gasteiger partial charge is 0.472 e. The molecule has 1 saturated carbocycles. The number of furan rings is 1. The van der Waals surface area contributed by atoms with Crippen molar-refractivity contribution in [3.05, 3.63) is 24.2 Å². The van der Waals surface area contributed by atoms with Crippen molar-refractivity contribution in [1.82, 2.24) is 10.2 Å². The van der Waals surface area contributed by atoms with Crippen LogP contribution in [0.4, 0.5) is 0 Å². The van der Waals surface area contributed by atoms with E-state index in [1.807, 2.05) is 18.7 Å². The zero-order valence-corrected chi connectivity index (χ0v) is 15.7. The Kier molecular flexibility index (Phi) is 5.67. The average Bonchev–Trinajstić information content (AvgIpc) is 3.27. The van der Waals surface area contributed by atoms with Crippen molar-refractivity contribution in [3.63, 3.8) is 0 Å². The van der Waals surface area contributed by atoms with Crippen LogP contribution in [0, 0.1) is 0 Å². The molecule has 0 spiro atoms. The zero-order chi connectivity index (χ0) is 18.7. The van der Waals surface area contributed by atoms with Gasteiger partial charge in [-0.2, -0.15) is 0 Å². The SMILES string of the molecule is COC12CCC(NC(=O)COC(C)C)CC1N(C(=O)c1ccoc1)CC2. The van der Waals surface area contributed by atoms with E-state index in [0.29, 0.717) is 18.5 Å². The predicted octanol–water partition coefficient (Wildman–Crippen LogP) is 1.97. The minimum Gasteiger partial charge on any atom is -0.472 e. The second-order valence-electron chi connectivity index (χ2n) is 7.44. The summed E-state index contributed by atoms with van der Waals surface area (Å²) in [4.78, 5) is 26.8. The van der Waals surface area contributed by atoms with Crippen LogP contribution in [0.1, 0.15) is 49.9 Å². The van der Waals surface area contributed by atoms with Crippen molar-refractivity contribution in [3.8, 4) is 0 Å². The number of hydrogen-bond acceptors (Lipinski definition) is 5. The van der Waals surface area contributed by atoms with E-state index in [1.165, 1.54) is 12.5 Å².